The van der Waals surface area contributed by atoms with Crippen molar-refractivity contribution in [3.8, 4) is 23.1 Å². The Labute approximate surface area is 304 Å². The highest BCUT2D eigenvalue weighted by Crippen LogP contribution is 2.30. The van der Waals surface area contributed by atoms with Crippen LogP contribution in [0.2, 0.25) is 0 Å². The largest absolute Gasteiger partial charge is 0.493 e. The van der Waals surface area contributed by atoms with Crippen LogP contribution in [-0.2, 0) is 24.4 Å². The van der Waals surface area contributed by atoms with Gasteiger partial charge >= 0.3 is 0 Å². The number of hydrogen-bond acceptors (Lipinski definition) is 8. The van der Waals surface area contributed by atoms with Gasteiger partial charge in [-0.25, -0.2) is 9.97 Å². The molecule has 0 N–H and O–H groups in total. The summed E-state index contributed by atoms with van der Waals surface area (Å²) in [5.41, 5.74) is 9.35. The molecule has 0 atom stereocenters. The quantitative estimate of drug-likeness (QED) is 0.114. The molecular weight excluding hydrogens is 668 g/mol. The van der Waals surface area contributed by atoms with Crippen molar-refractivity contribution in [2.75, 3.05) is 32.8 Å². The predicted octanol–water partition coefficient (Wildman–Crippen LogP) is 8.24. The summed E-state index contributed by atoms with van der Waals surface area (Å²) in [5.74, 6) is 2.84. The second-order valence-electron chi connectivity index (χ2n) is 12.3. The number of piperazine rings is 1. The molecule has 0 spiro atoms. The van der Waals surface area contributed by atoms with Crippen molar-refractivity contribution in [2.45, 2.75) is 40.3 Å². The maximum absolute atomic E-state index is 13.0. The molecule has 10 heteroatoms. The second kappa shape index (κ2) is 17.8. The molecule has 0 aliphatic carbocycles. The molecule has 50 heavy (non-hydrogen) atoms. The van der Waals surface area contributed by atoms with Gasteiger partial charge in [0.05, 0.1) is 24.0 Å². The molecule has 1 amide bonds. The molecule has 3 aromatic carbocycles. The monoisotopic (exact) mass is 710 g/mol. The van der Waals surface area contributed by atoms with Crippen LogP contribution in [0.25, 0.3) is 6.08 Å². The first-order valence-corrected chi connectivity index (χ1v) is 17.5. The smallest absolute Gasteiger partial charge is 0.246 e. The van der Waals surface area contributed by atoms with E-state index in [1.54, 1.807) is 35.2 Å². The first-order valence-electron chi connectivity index (χ1n) is 16.6. The number of benzene rings is 3. The summed E-state index contributed by atoms with van der Waals surface area (Å²) in [6.07, 6.45) is 6.09. The lowest BCUT2D eigenvalue weighted by atomic mass is 10.1. The molecule has 3 heterocycles. The van der Waals surface area contributed by atoms with E-state index in [2.05, 4.69) is 58.2 Å². The van der Waals surface area contributed by atoms with Crippen molar-refractivity contribution in [1.82, 2.24) is 19.8 Å². The van der Waals surface area contributed by atoms with Gasteiger partial charge in [-0.2, -0.15) is 0 Å². The first kappa shape index (κ1) is 36.6. The van der Waals surface area contributed by atoms with Crippen molar-refractivity contribution < 1.29 is 19.0 Å². The lowest BCUT2D eigenvalue weighted by molar-refractivity contribution is -0.127. The lowest BCUT2D eigenvalue weighted by Crippen LogP contribution is -2.47. The van der Waals surface area contributed by atoms with Crippen LogP contribution in [0.15, 0.2) is 96.0 Å². The molecule has 0 bridgehead atoms. The van der Waals surface area contributed by atoms with E-state index in [0.717, 1.165) is 59.9 Å². The number of aromatic nitrogens is 2. The lowest BCUT2D eigenvalue weighted by Gasteiger charge is -2.34. The topological polar surface area (TPSA) is 77.0 Å². The van der Waals surface area contributed by atoms with Crippen molar-refractivity contribution in [1.29, 1.82) is 0 Å². The van der Waals surface area contributed by atoms with Crippen LogP contribution in [0.4, 0.5) is 0 Å². The number of carbonyl (C=O) groups excluding carboxylic acids is 1. The van der Waals surface area contributed by atoms with Crippen LogP contribution < -0.4 is 14.2 Å². The Balaban J connectivity index is 0.00000486. The van der Waals surface area contributed by atoms with Gasteiger partial charge in [-0.1, -0.05) is 42.0 Å². The minimum Gasteiger partial charge on any atom is -0.493 e. The predicted molar refractivity (Wildman–Crippen MR) is 202 cm³/mol. The van der Waals surface area contributed by atoms with E-state index in [1.165, 1.54) is 16.7 Å². The molecule has 5 aromatic rings. The van der Waals surface area contributed by atoms with Gasteiger partial charge in [0.1, 0.15) is 23.9 Å². The number of carbonyl (C=O) groups is 1. The Bertz CT molecular complexity index is 1820. The van der Waals surface area contributed by atoms with Gasteiger partial charge in [0.2, 0.25) is 11.8 Å². The van der Waals surface area contributed by atoms with Crippen LogP contribution in [0, 0.1) is 20.8 Å². The van der Waals surface area contributed by atoms with E-state index in [9.17, 15) is 4.79 Å². The highest BCUT2D eigenvalue weighted by Gasteiger charge is 2.20. The number of amides is 1. The molecule has 260 valence electrons. The molecule has 1 aliphatic rings. The Hall–Kier alpha value is -4.70. The van der Waals surface area contributed by atoms with Crippen LogP contribution in [0.5, 0.6) is 23.1 Å². The zero-order chi connectivity index (χ0) is 34.0. The number of nitrogens with zero attached hydrogens (tertiary/aromatic N) is 4. The van der Waals surface area contributed by atoms with Gasteiger partial charge in [0.15, 0.2) is 0 Å². The molecule has 2 aromatic heterocycles. The Morgan fingerprint density at radius 3 is 2.20 bits per heavy atom. The van der Waals surface area contributed by atoms with Crippen LogP contribution in [-0.4, -0.2) is 58.5 Å². The first-order chi connectivity index (χ1) is 23.9. The maximum atomic E-state index is 13.0. The third-order valence-corrected chi connectivity index (χ3v) is 9.12. The minimum atomic E-state index is 0. The number of aryl methyl sites for hydroxylation is 3. The maximum Gasteiger partial charge on any atom is 0.246 e. The summed E-state index contributed by atoms with van der Waals surface area (Å²) in [4.78, 5) is 26.0. The number of ether oxygens (including phenoxy) is 3. The van der Waals surface area contributed by atoms with Crippen molar-refractivity contribution >= 4 is 35.7 Å². The molecule has 1 fully saturated rings. The fraction of sp³-hybridized carbons (Fsp3) is 0.275. The van der Waals surface area contributed by atoms with Crippen LogP contribution in [0.3, 0.4) is 0 Å². The summed E-state index contributed by atoms with van der Waals surface area (Å²) in [6.45, 7) is 11.1. The molecule has 0 unspecified atom stereocenters. The van der Waals surface area contributed by atoms with E-state index in [0.29, 0.717) is 37.9 Å². The van der Waals surface area contributed by atoms with Crippen LogP contribution >= 0.6 is 23.7 Å². The second-order valence-corrected chi connectivity index (χ2v) is 13.1. The van der Waals surface area contributed by atoms with Gasteiger partial charge in [0, 0.05) is 56.7 Å². The van der Waals surface area contributed by atoms with Crippen molar-refractivity contribution in [3.05, 3.63) is 135 Å². The van der Waals surface area contributed by atoms with Crippen LogP contribution in [0.1, 0.15) is 39.1 Å². The van der Waals surface area contributed by atoms with E-state index < -0.39 is 0 Å². The third kappa shape index (κ3) is 10.4. The molecule has 0 radical (unpaired) electrons. The molecule has 1 saturated heterocycles. The number of rotatable bonds is 13. The highest BCUT2D eigenvalue weighted by atomic mass is 35.5. The van der Waals surface area contributed by atoms with Gasteiger partial charge < -0.3 is 19.1 Å². The average Bonchev–Trinajstić information content (AvgIpc) is 3.64. The Kier molecular flexibility index (Phi) is 13.0. The molecule has 1 aliphatic heterocycles. The zero-order valence-electron chi connectivity index (χ0n) is 28.7. The molecule has 6 rings (SSSR count). The van der Waals surface area contributed by atoms with E-state index in [4.69, 9.17) is 14.2 Å². The third-order valence-electron chi connectivity index (χ3n) is 8.48. The summed E-state index contributed by atoms with van der Waals surface area (Å²) in [6, 6.07) is 24.6. The molecular formula is C40H43ClN4O4S. The van der Waals surface area contributed by atoms with Gasteiger partial charge in [-0.05, 0) is 85.0 Å². The van der Waals surface area contributed by atoms with E-state index >= 15 is 0 Å². The fourth-order valence-electron chi connectivity index (χ4n) is 5.71. The molecule has 0 saturated carbocycles. The van der Waals surface area contributed by atoms with Crippen molar-refractivity contribution in [3.63, 3.8) is 0 Å². The number of pyridine rings is 1. The van der Waals surface area contributed by atoms with Crippen molar-refractivity contribution in [2.24, 2.45) is 0 Å². The van der Waals surface area contributed by atoms with E-state index in [-0.39, 0.29) is 18.3 Å². The fourth-order valence-corrected chi connectivity index (χ4v) is 6.26. The standard InChI is InChI=1S/C40H42N4O4S.ClH/c1-29-4-11-36(12-5-29)46-21-16-32-6-8-33(9-7-32)25-43-17-19-44(20-18-43)39(45)15-10-34-22-30(2)40(31(3)23-34)48-38-14-13-37(24-41-38)47-26-35-27-49-28-42-35;/h4-15,22-24,27-28H,16-21,25-26H2,1-3H3;1H/b15-10+;. The van der Waals surface area contributed by atoms with Gasteiger partial charge in [0.25, 0.3) is 0 Å². The summed E-state index contributed by atoms with van der Waals surface area (Å²) in [5, 5.41) is 1.96. The highest BCUT2D eigenvalue weighted by molar-refractivity contribution is 7.07. The number of halogens is 1. The normalized spacial score (nSPS) is 13.2. The van der Waals surface area contributed by atoms with Gasteiger partial charge in [-0.15, -0.1) is 23.7 Å². The number of hydrogen-bond donors (Lipinski definition) is 0. The summed E-state index contributed by atoms with van der Waals surface area (Å²) < 4.78 is 17.8. The number of thiazole rings is 1. The SMILES string of the molecule is Cc1ccc(OCCc2ccc(CN3CCN(C(=O)/C=C/c4cc(C)c(Oc5ccc(OCc6cscn6)cn5)c(C)c4)CC3)cc2)cc1.Cl. The zero-order valence-corrected chi connectivity index (χ0v) is 30.3. The summed E-state index contributed by atoms with van der Waals surface area (Å²) in [7, 11) is 0. The van der Waals surface area contributed by atoms with E-state index in [1.807, 2.05) is 60.5 Å². The summed E-state index contributed by atoms with van der Waals surface area (Å²) >= 11 is 1.54. The molecule has 8 nitrogen and oxygen atoms in total. The minimum absolute atomic E-state index is 0. The Morgan fingerprint density at radius 1 is 0.840 bits per heavy atom. The average molecular weight is 711 g/mol. The van der Waals surface area contributed by atoms with Gasteiger partial charge in [-0.3, -0.25) is 9.69 Å². The Morgan fingerprint density at radius 2 is 1.54 bits per heavy atom.